The Balaban J connectivity index is 1.71. The molecule has 2 aliphatic rings. The number of nitrogens with zero attached hydrogens (tertiary/aromatic N) is 3. The van der Waals surface area contributed by atoms with Crippen LogP contribution in [0.25, 0.3) is 0 Å². The summed E-state index contributed by atoms with van der Waals surface area (Å²) >= 11 is 2.08. The monoisotopic (exact) mass is 252 g/mol. The van der Waals surface area contributed by atoms with Crippen molar-refractivity contribution in [2.24, 2.45) is 5.73 Å². The van der Waals surface area contributed by atoms with E-state index in [1.54, 1.807) is 0 Å². The summed E-state index contributed by atoms with van der Waals surface area (Å²) in [6, 6.07) is 0. The van der Waals surface area contributed by atoms with E-state index in [0.29, 0.717) is 0 Å². The summed E-state index contributed by atoms with van der Waals surface area (Å²) in [4.78, 5) is 4.65. The lowest BCUT2D eigenvalue weighted by Crippen LogP contribution is -2.26. The molecule has 0 spiro atoms. The van der Waals surface area contributed by atoms with Crippen LogP contribution in [0.15, 0.2) is 0 Å². The van der Waals surface area contributed by atoms with Crippen LogP contribution in [0.3, 0.4) is 0 Å². The molecule has 0 radical (unpaired) electrons. The lowest BCUT2D eigenvalue weighted by atomic mass is 10.1. The molecule has 94 valence electrons. The van der Waals surface area contributed by atoms with E-state index in [1.807, 2.05) is 4.68 Å². The van der Waals surface area contributed by atoms with Crippen molar-refractivity contribution in [2.75, 3.05) is 5.75 Å². The Bertz CT molecular complexity index is 384. The minimum Gasteiger partial charge on any atom is -0.310 e. The number of rotatable bonds is 2. The average molecular weight is 252 g/mol. The van der Waals surface area contributed by atoms with Crippen LogP contribution in [-0.4, -0.2) is 25.8 Å². The zero-order valence-electron chi connectivity index (χ0n) is 10.1. The fourth-order valence-electron chi connectivity index (χ4n) is 2.69. The molecule has 1 saturated heterocycles. The van der Waals surface area contributed by atoms with Crippen molar-refractivity contribution in [3.8, 4) is 0 Å². The maximum Gasteiger partial charge on any atom is 0.152 e. The molecule has 5 heteroatoms. The first-order valence-electron chi connectivity index (χ1n) is 6.64. The molecule has 17 heavy (non-hydrogen) atoms. The maximum absolute atomic E-state index is 6.05. The Morgan fingerprint density at radius 1 is 1.29 bits per heavy atom. The van der Waals surface area contributed by atoms with Gasteiger partial charge in [-0.25, -0.2) is 9.67 Å². The van der Waals surface area contributed by atoms with Crippen LogP contribution in [0.1, 0.15) is 49.9 Å². The van der Waals surface area contributed by atoms with Gasteiger partial charge in [0.15, 0.2) is 5.82 Å². The lowest BCUT2D eigenvalue weighted by molar-refractivity contribution is 0.371. The highest BCUT2D eigenvalue weighted by molar-refractivity contribution is 7.99. The third kappa shape index (κ3) is 2.50. The SMILES string of the molecule is NC1CCCc2nc(CC3CCCCS3)nn21. The third-order valence-electron chi connectivity index (χ3n) is 3.64. The molecule has 0 aromatic carbocycles. The summed E-state index contributed by atoms with van der Waals surface area (Å²) in [7, 11) is 0. The van der Waals surface area contributed by atoms with Crippen LogP contribution in [0.2, 0.25) is 0 Å². The molecule has 2 N–H and O–H groups in total. The highest BCUT2D eigenvalue weighted by Gasteiger charge is 2.22. The molecule has 0 bridgehead atoms. The van der Waals surface area contributed by atoms with E-state index in [1.165, 1.54) is 25.0 Å². The number of fused-ring (bicyclic) bond motifs is 1. The molecule has 1 aromatic rings. The smallest absolute Gasteiger partial charge is 0.152 e. The van der Waals surface area contributed by atoms with Crippen LogP contribution in [0.5, 0.6) is 0 Å². The van der Waals surface area contributed by atoms with Gasteiger partial charge in [-0.15, -0.1) is 0 Å². The molecule has 2 aliphatic heterocycles. The van der Waals surface area contributed by atoms with Gasteiger partial charge >= 0.3 is 0 Å². The summed E-state index contributed by atoms with van der Waals surface area (Å²) in [5.41, 5.74) is 6.05. The van der Waals surface area contributed by atoms with E-state index in [-0.39, 0.29) is 6.17 Å². The molecule has 1 fully saturated rings. The van der Waals surface area contributed by atoms with Gasteiger partial charge in [-0.2, -0.15) is 16.9 Å². The zero-order valence-corrected chi connectivity index (χ0v) is 11.0. The van der Waals surface area contributed by atoms with Crippen LogP contribution in [0.4, 0.5) is 0 Å². The van der Waals surface area contributed by atoms with Crippen LogP contribution >= 0.6 is 11.8 Å². The second-order valence-electron chi connectivity index (χ2n) is 5.04. The van der Waals surface area contributed by atoms with E-state index in [9.17, 15) is 0 Å². The maximum atomic E-state index is 6.05. The Hall–Kier alpha value is -0.550. The van der Waals surface area contributed by atoms with E-state index in [2.05, 4.69) is 21.8 Å². The fraction of sp³-hybridized carbons (Fsp3) is 0.833. The molecule has 4 nitrogen and oxygen atoms in total. The summed E-state index contributed by atoms with van der Waals surface area (Å²) in [5, 5.41) is 5.32. The first kappa shape index (κ1) is 11.5. The van der Waals surface area contributed by atoms with Crippen LogP contribution < -0.4 is 5.73 Å². The van der Waals surface area contributed by atoms with Gasteiger partial charge in [0, 0.05) is 18.1 Å². The molecule has 2 unspecified atom stereocenters. The predicted octanol–water partition coefficient (Wildman–Crippen LogP) is 1.90. The highest BCUT2D eigenvalue weighted by atomic mass is 32.2. The van der Waals surface area contributed by atoms with Crippen molar-refractivity contribution in [1.82, 2.24) is 14.8 Å². The minimum atomic E-state index is 0.0546. The van der Waals surface area contributed by atoms with Gasteiger partial charge in [0.25, 0.3) is 0 Å². The van der Waals surface area contributed by atoms with Gasteiger partial charge in [0.05, 0.1) is 0 Å². The van der Waals surface area contributed by atoms with Gasteiger partial charge in [0.2, 0.25) is 0 Å². The first-order chi connectivity index (χ1) is 8.33. The number of hydrogen-bond donors (Lipinski definition) is 1. The molecular formula is C12H20N4S. The molecule has 0 saturated carbocycles. The fourth-order valence-corrected chi connectivity index (χ4v) is 4.00. The van der Waals surface area contributed by atoms with Crippen molar-refractivity contribution in [1.29, 1.82) is 0 Å². The Morgan fingerprint density at radius 2 is 2.24 bits per heavy atom. The number of aryl methyl sites for hydroxylation is 1. The molecule has 0 amide bonds. The molecule has 3 rings (SSSR count). The van der Waals surface area contributed by atoms with E-state index in [0.717, 1.165) is 42.6 Å². The van der Waals surface area contributed by atoms with E-state index < -0.39 is 0 Å². The summed E-state index contributed by atoms with van der Waals surface area (Å²) in [6.07, 6.45) is 8.37. The highest BCUT2D eigenvalue weighted by Crippen LogP contribution is 2.28. The predicted molar refractivity (Wildman–Crippen MR) is 70.0 cm³/mol. The normalized spacial score (nSPS) is 29.0. The Morgan fingerprint density at radius 3 is 3.00 bits per heavy atom. The topological polar surface area (TPSA) is 56.7 Å². The Kier molecular flexibility index (Phi) is 3.38. The van der Waals surface area contributed by atoms with Gasteiger partial charge < -0.3 is 5.73 Å². The average Bonchev–Trinajstić information content (AvgIpc) is 2.74. The number of nitrogens with two attached hydrogens (primary N) is 1. The molecule has 3 heterocycles. The van der Waals surface area contributed by atoms with Crippen molar-refractivity contribution < 1.29 is 0 Å². The quantitative estimate of drug-likeness (QED) is 0.873. The summed E-state index contributed by atoms with van der Waals surface area (Å²) < 4.78 is 1.95. The van der Waals surface area contributed by atoms with Crippen molar-refractivity contribution in [2.45, 2.75) is 56.4 Å². The zero-order chi connectivity index (χ0) is 11.7. The Labute approximate surface area is 106 Å². The minimum absolute atomic E-state index is 0.0546. The van der Waals surface area contributed by atoms with Gasteiger partial charge in [-0.05, 0) is 31.4 Å². The van der Waals surface area contributed by atoms with Crippen molar-refractivity contribution in [3.63, 3.8) is 0 Å². The first-order valence-corrected chi connectivity index (χ1v) is 7.69. The van der Waals surface area contributed by atoms with Gasteiger partial charge in [0.1, 0.15) is 12.0 Å². The van der Waals surface area contributed by atoms with E-state index >= 15 is 0 Å². The molecule has 0 aliphatic carbocycles. The van der Waals surface area contributed by atoms with Gasteiger partial charge in [-0.1, -0.05) is 6.42 Å². The van der Waals surface area contributed by atoms with Crippen LogP contribution in [-0.2, 0) is 12.8 Å². The lowest BCUT2D eigenvalue weighted by Gasteiger charge is -2.19. The van der Waals surface area contributed by atoms with Crippen molar-refractivity contribution in [3.05, 3.63) is 11.6 Å². The van der Waals surface area contributed by atoms with Gasteiger partial charge in [-0.3, -0.25) is 0 Å². The summed E-state index contributed by atoms with van der Waals surface area (Å²) in [6.45, 7) is 0. The molecule has 2 atom stereocenters. The second kappa shape index (κ2) is 4.98. The van der Waals surface area contributed by atoms with Crippen LogP contribution in [0, 0.1) is 0 Å². The largest absolute Gasteiger partial charge is 0.310 e. The number of thioether (sulfide) groups is 1. The third-order valence-corrected chi connectivity index (χ3v) is 5.04. The number of hydrogen-bond acceptors (Lipinski definition) is 4. The number of aromatic nitrogens is 3. The van der Waals surface area contributed by atoms with Crippen molar-refractivity contribution >= 4 is 11.8 Å². The standard InChI is InChI=1S/C12H20N4S/c13-10-5-3-6-12-14-11(15-16(10)12)8-9-4-1-2-7-17-9/h9-10H,1-8,13H2. The summed E-state index contributed by atoms with van der Waals surface area (Å²) in [5.74, 6) is 3.41. The second-order valence-corrected chi connectivity index (χ2v) is 6.45. The van der Waals surface area contributed by atoms with E-state index in [4.69, 9.17) is 5.73 Å². The molecule has 1 aromatic heterocycles. The molecular weight excluding hydrogens is 232 g/mol.